The summed E-state index contributed by atoms with van der Waals surface area (Å²) in [6.45, 7) is 2.97. The van der Waals surface area contributed by atoms with E-state index in [1.165, 1.54) is 0 Å². The van der Waals surface area contributed by atoms with Crippen molar-refractivity contribution in [3.63, 3.8) is 0 Å². The van der Waals surface area contributed by atoms with Crippen LogP contribution >= 0.6 is 11.6 Å². The summed E-state index contributed by atoms with van der Waals surface area (Å²) in [7, 11) is 0. The van der Waals surface area contributed by atoms with Crippen LogP contribution in [-0.2, 0) is 4.79 Å². The van der Waals surface area contributed by atoms with Crippen molar-refractivity contribution in [1.82, 2.24) is 9.97 Å². The van der Waals surface area contributed by atoms with Crippen molar-refractivity contribution in [2.45, 2.75) is 19.8 Å². The fraction of sp³-hybridized carbons (Fsp3) is 0.500. The normalized spacial score (nSPS) is 16.4. The smallest absolute Gasteiger partial charge is 0.220 e. The Kier molecular flexibility index (Phi) is 3.99. The van der Waals surface area contributed by atoms with Crippen molar-refractivity contribution in [3.8, 4) is 0 Å². The van der Waals surface area contributed by atoms with Crippen LogP contribution in [0.1, 0.15) is 29.0 Å². The van der Waals surface area contributed by atoms with E-state index >= 15 is 0 Å². The lowest BCUT2D eigenvalue weighted by atomic mass is 9.96. The van der Waals surface area contributed by atoms with E-state index in [1.807, 2.05) is 4.90 Å². The average Bonchev–Trinajstić information content (AvgIpc) is 2.38. The van der Waals surface area contributed by atoms with E-state index in [-0.39, 0.29) is 17.0 Å². The molecule has 1 aromatic heterocycles. The van der Waals surface area contributed by atoms with Crippen LogP contribution in [-0.4, -0.2) is 35.3 Å². The molecule has 0 saturated carbocycles. The maximum Gasteiger partial charge on any atom is 0.220 e. The van der Waals surface area contributed by atoms with Crippen LogP contribution in [0, 0.1) is 12.8 Å². The second-order valence-corrected chi connectivity index (χ2v) is 4.94. The second-order valence-electron chi connectivity index (χ2n) is 4.58. The molecule has 0 atom stereocenters. The molecule has 0 aliphatic carbocycles. The van der Waals surface area contributed by atoms with Crippen LogP contribution < -0.4 is 10.6 Å². The van der Waals surface area contributed by atoms with Crippen molar-refractivity contribution in [2.24, 2.45) is 11.7 Å². The molecule has 0 aromatic carbocycles. The summed E-state index contributed by atoms with van der Waals surface area (Å²) in [5.74, 6) is 0.680. The lowest BCUT2D eigenvalue weighted by Crippen LogP contribution is -2.39. The van der Waals surface area contributed by atoms with Gasteiger partial charge in [-0.25, -0.2) is 9.97 Å². The number of piperidine rings is 1. The number of aryl methyl sites for hydroxylation is 1. The summed E-state index contributed by atoms with van der Waals surface area (Å²) in [4.78, 5) is 32.4. The monoisotopic (exact) mass is 282 g/mol. The number of aldehydes is 1. The number of primary amides is 1. The van der Waals surface area contributed by atoms with Crippen LogP contribution in [0.5, 0.6) is 0 Å². The predicted molar refractivity (Wildman–Crippen MR) is 71.3 cm³/mol. The molecular weight excluding hydrogens is 268 g/mol. The SMILES string of the molecule is Cc1nc(Cl)c(C=O)c(N2CCC(C(N)=O)CC2)n1. The molecule has 1 aromatic rings. The second kappa shape index (κ2) is 5.52. The summed E-state index contributed by atoms with van der Waals surface area (Å²) in [6.07, 6.45) is 1.99. The van der Waals surface area contributed by atoms with E-state index in [0.29, 0.717) is 49.4 Å². The third kappa shape index (κ3) is 2.84. The summed E-state index contributed by atoms with van der Waals surface area (Å²) in [6, 6.07) is 0. The number of nitrogens with two attached hydrogens (primary N) is 1. The predicted octanol–water partition coefficient (Wildman–Crippen LogP) is 0.953. The molecule has 1 aliphatic rings. The fourth-order valence-electron chi connectivity index (χ4n) is 2.25. The molecule has 1 saturated heterocycles. The molecule has 2 N–H and O–H groups in total. The zero-order valence-corrected chi connectivity index (χ0v) is 11.4. The molecule has 2 rings (SSSR count). The van der Waals surface area contributed by atoms with Gasteiger partial charge in [-0.3, -0.25) is 9.59 Å². The Morgan fingerprint density at radius 2 is 2.05 bits per heavy atom. The molecule has 2 heterocycles. The zero-order chi connectivity index (χ0) is 14.0. The summed E-state index contributed by atoms with van der Waals surface area (Å²) < 4.78 is 0. The Morgan fingerprint density at radius 3 is 2.58 bits per heavy atom. The van der Waals surface area contributed by atoms with Gasteiger partial charge in [0, 0.05) is 19.0 Å². The van der Waals surface area contributed by atoms with E-state index in [9.17, 15) is 9.59 Å². The summed E-state index contributed by atoms with van der Waals surface area (Å²) in [5, 5.41) is 0.162. The van der Waals surface area contributed by atoms with Gasteiger partial charge in [0.25, 0.3) is 0 Å². The molecule has 19 heavy (non-hydrogen) atoms. The molecule has 1 amide bonds. The topological polar surface area (TPSA) is 89.2 Å². The molecule has 0 radical (unpaired) electrons. The van der Waals surface area contributed by atoms with Gasteiger partial charge < -0.3 is 10.6 Å². The number of nitrogens with zero attached hydrogens (tertiary/aromatic N) is 3. The number of hydrogen-bond acceptors (Lipinski definition) is 5. The van der Waals surface area contributed by atoms with Gasteiger partial charge in [-0.05, 0) is 19.8 Å². The van der Waals surface area contributed by atoms with Crippen molar-refractivity contribution in [1.29, 1.82) is 0 Å². The molecule has 7 heteroatoms. The number of aromatic nitrogens is 2. The first-order valence-corrected chi connectivity index (χ1v) is 6.44. The minimum absolute atomic E-state index is 0.102. The number of rotatable bonds is 3. The Balaban J connectivity index is 2.24. The Hall–Kier alpha value is -1.69. The van der Waals surface area contributed by atoms with Gasteiger partial charge in [-0.2, -0.15) is 0 Å². The molecular formula is C12H15ClN4O2. The standard InChI is InChI=1S/C12H15ClN4O2/c1-7-15-10(13)9(6-18)12(16-7)17-4-2-8(3-5-17)11(14)19/h6,8H,2-5H2,1H3,(H2,14,19). The molecule has 1 fully saturated rings. The Labute approximate surface area is 116 Å². The average molecular weight is 283 g/mol. The van der Waals surface area contributed by atoms with E-state index in [0.717, 1.165) is 0 Å². The van der Waals surface area contributed by atoms with Crippen molar-refractivity contribution < 1.29 is 9.59 Å². The Bertz CT molecular complexity index is 513. The van der Waals surface area contributed by atoms with E-state index in [1.54, 1.807) is 6.92 Å². The number of carbonyl (C=O) groups excluding carboxylic acids is 2. The van der Waals surface area contributed by atoms with Crippen LogP contribution in [0.25, 0.3) is 0 Å². The third-order valence-electron chi connectivity index (χ3n) is 3.31. The van der Waals surface area contributed by atoms with E-state index in [2.05, 4.69) is 9.97 Å². The van der Waals surface area contributed by atoms with Gasteiger partial charge in [-0.1, -0.05) is 11.6 Å². The first kappa shape index (κ1) is 13.7. The highest BCUT2D eigenvalue weighted by atomic mass is 35.5. The lowest BCUT2D eigenvalue weighted by molar-refractivity contribution is -0.122. The number of amides is 1. The van der Waals surface area contributed by atoms with Crippen LogP contribution in [0.4, 0.5) is 5.82 Å². The Morgan fingerprint density at radius 1 is 1.42 bits per heavy atom. The third-order valence-corrected chi connectivity index (χ3v) is 3.59. The maximum atomic E-state index is 11.1. The van der Waals surface area contributed by atoms with Crippen LogP contribution in [0.2, 0.25) is 5.15 Å². The van der Waals surface area contributed by atoms with Gasteiger partial charge in [0.1, 0.15) is 16.8 Å². The number of carbonyl (C=O) groups is 2. The summed E-state index contributed by atoms with van der Waals surface area (Å²) in [5.41, 5.74) is 5.59. The fourth-order valence-corrected chi connectivity index (χ4v) is 2.50. The zero-order valence-electron chi connectivity index (χ0n) is 10.6. The quantitative estimate of drug-likeness (QED) is 0.659. The highest BCUT2D eigenvalue weighted by Crippen LogP contribution is 2.27. The minimum Gasteiger partial charge on any atom is -0.369 e. The first-order chi connectivity index (χ1) is 9.02. The van der Waals surface area contributed by atoms with Gasteiger partial charge >= 0.3 is 0 Å². The molecule has 102 valence electrons. The van der Waals surface area contributed by atoms with Gasteiger partial charge in [0.2, 0.25) is 5.91 Å². The number of halogens is 1. The van der Waals surface area contributed by atoms with E-state index in [4.69, 9.17) is 17.3 Å². The highest BCUT2D eigenvalue weighted by Gasteiger charge is 2.26. The number of anilines is 1. The van der Waals surface area contributed by atoms with Crippen molar-refractivity contribution >= 4 is 29.6 Å². The van der Waals surface area contributed by atoms with E-state index < -0.39 is 0 Å². The maximum absolute atomic E-state index is 11.1. The van der Waals surface area contributed by atoms with Crippen molar-refractivity contribution in [3.05, 3.63) is 16.5 Å². The lowest BCUT2D eigenvalue weighted by Gasteiger charge is -2.32. The number of hydrogen-bond donors (Lipinski definition) is 1. The largest absolute Gasteiger partial charge is 0.369 e. The molecule has 6 nitrogen and oxygen atoms in total. The molecule has 0 bridgehead atoms. The highest BCUT2D eigenvalue weighted by molar-refractivity contribution is 6.32. The van der Waals surface area contributed by atoms with Gasteiger partial charge in [-0.15, -0.1) is 0 Å². The molecule has 0 spiro atoms. The first-order valence-electron chi connectivity index (χ1n) is 6.06. The van der Waals surface area contributed by atoms with Crippen LogP contribution in [0.15, 0.2) is 0 Å². The van der Waals surface area contributed by atoms with Gasteiger partial charge in [0.05, 0.1) is 5.56 Å². The van der Waals surface area contributed by atoms with Gasteiger partial charge in [0.15, 0.2) is 6.29 Å². The molecule has 1 aliphatic heterocycles. The molecule has 0 unspecified atom stereocenters. The van der Waals surface area contributed by atoms with Crippen molar-refractivity contribution in [2.75, 3.05) is 18.0 Å². The minimum atomic E-state index is -0.271. The summed E-state index contributed by atoms with van der Waals surface area (Å²) >= 11 is 5.95. The van der Waals surface area contributed by atoms with Crippen LogP contribution in [0.3, 0.4) is 0 Å².